The van der Waals surface area contributed by atoms with Gasteiger partial charge in [0.2, 0.25) is 0 Å². The van der Waals surface area contributed by atoms with Crippen LogP contribution in [0.5, 0.6) is 0 Å². The average Bonchev–Trinajstić information content (AvgIpc) is 2.76. The second-order valence-corrected chi connectivity index (χ2v) is 7.34. The number of anilines is 1. The minimum atomic E-state index is -3.67. The molecular formula is C13H13NO4S2. The summed E-state index contributed by atoms with van der Waals surface area (Å²) in [5.74, 6) is -0.984. The zero-order chi connectivity index (χ0) is 14.8. The monoisotopic (exact) mass is 311 g/mol. The van der Waals surface area contributed by atoms with E-state index in [1.807, 2.05) is 13.0 Å². The number of sulfonamides is 1. The maximum Gasteiger partial charge on any atom is 0.308 e. The van der Waals surface area contributed by atoms with Crippen molar-refractivity contribution in [2.45, 2.75) is 17.6 Å². The lowest BCUT2D eigenvalue weighted by Gasteiger charge is -2.06. The van der Waals surface area contributed by atoms with Crippen molar-refractivity contribution in [1.29, 1.82) is 0 Å². The first-order valence-electron chi connectivity index (χ1n) is 5.77. The first-order chi connectivity index (χ1) is 9.37. The molecule has 0 aliphatic rings. The second-order valence-electron chi connectivity index (χ2n) is 4.27. The molecule has 0 bridgehead atoms. The van der Waals surface area contributed by atoms with Gasteiger partial charge < -0.3 is 5.11 Å². The lowest BCUT2D eigenvalue weighted by molar-refractivity contribution is -0.136. The number of carboxylic acids is 1. The lowest BCUT2D eigenvalue weighted by atomic mass is 10.2. The Morgan fingerprint density at radius 2 is 2.05 bits per heavy atom. The number of aliphatic carboxylic acids is 1. The predicted molar refractivity (Wildman–Crippen MR) is 77.6 cm³/mol. The Balaban J connectivity index is 2.22. The third kappa shape index (κ3) is 3.58. The van der Waals surface area contributed by atoms with Crippen LogP contribution in [0.4, 0.5) is 5.69 Å². The molecular weight excluding hydrogens is 298 g/mol. The Morgan fingerprint density at radius 1 is 1.30 bits per heavy atom. The van der Waals surface area contributed by atoms with Crippen LogP contribution in [0, 0.1) is 6.92 Å². The van der Waals surface area contributed by atoms with Crippen molar-refractivity contribution in [1.82, 2.24) is 0 Å². The number of rotatable bonds is 5. The molecule has 1 heterocycles. The first kappa shape index (κ1) is 14.5. The number of carbonyl (C=O) groups is 1. The summed E-state index contributed by atoms with van der Waals surface area (Å²) in [5, 5.41) is 8.69. The number of hydrogen-bond acceptors (Lipinski definition) is 4. The maximum atomic E-state index is 12.2. The van der Waals surface area contributed by atoms with E-state index in [-0.39, 0.29) is 10.6 Å². The normalized spacial score (nSPS) is 11.2. The van der Waals surface area contributed by atoms with Gasteiger partial charge in [0.15, 0.2) is 0 Å². The molecule has 0 amide bonds. The number of hydrogen-bond donors (Lipinski definition) is 2. The number of carboxylic acid groups (broad SMARTS) is 1. The maximum absolute atomic E-state index is 12.2. The van der Waals surface area contributed by atoms with Crippen molar-refractivity contribution >= 4 is 33.0 Å². The van der Waals surface area contributed by atoms with E-state index in [1.165, 1.54) is 12.1 Å². The summed E-state index contributed by atoms with van der Waals surface area (Å²) in [6.07, 6.45) is -0.176. The van der Waals surface area contributed by atoms with Crippen molar-refractivity contribution in [3.63, 3.8) is 0 Å². The van der Waals surface area contributed by atoms with Crippen molar-refractivity contribution in [3.8, 4) is 0 Å². The fourth-order valence-corrected chi connectivity index (χ4v) is 4.06. The molecule has 0 aliphatic carbocycles. The molecule has 2 aromatic rings. The number of thiophene rings is 1. The predicted octanol–water partition coefficient (Wildman–Crippen LogP) is 2.48. The Hall–Kier alpha value is -1.86. The van der Waals surface area contributed by atoms with Crippen LogP contribution in [0.2, 0.25) is 0 Å². The van der Waals surface area contributed by atoms with Crippen molar-refractivity contribution in [2.75, 3.05) is 4.72 Å². The van der Waals surface area contributed by atoms with E-state index in [9.17, 15) is 13.2 Å². The molecule has 7 heteroatoms. The highest BCUT2D eigenvalue weighted by Gasteiger charge is 2.17. The van der Waals surface area contributed by atoms with E-state index in [1.54, 1.807) is 18.2 Å². The SMILES string of the molecule is Cc1cccc(NS(=O)(=O)c2ccc(CC(=O)O)s2)c1. The Kier molecular flexibility index (Phi) is 4.10. The molecule has 5 nitrogen and oxygen atoms in total. The summed E-state index contributed by atoms with van der Waals surface area (Å²) in [6, 6.07) is 9.95. The van der Waals surface area contributed by atoms with Gasteiger partial charge in [-0.1, -0.05) is 12.1 Å². The van der Waals surface area contributed by atoms with Crippen LogP contribution in [0.25, 0.3) is 0 Å². The van der Waals surface area contributed by atoms with E-state index in [0.717, 1.165) is 16.9 Å². The van der Waals surface area contributed by atoms with Crippen molar-refractivity contribution in [2.24, 2.45) is 0 Å². The summed E-state index contributed by atoms with van der Waals surface area (Å²) in [5.41, 5.74) is 1.43. The standard InChI is InChI=1S/C13H13NO4S2/c1-9-3-2-4-10(7-9)14-20(17,18)13-6-5-11(19-13)8-12(15)16/h2-7,14H,8H2,1H3,(H,15,16). The highest BCUT2D eigenvalue weighted by atomic mass is 32.2. The lowest BCUT2D eigenvalue weighted by Crippen LogP contribution is -2.11. The molecule has 0 radical (unpaired) electrons. The second kappa shape index (κ2) is 5.64. The van der Waals surface area contributed by atoms with Crippen LogP contribution in [-0.2, 0) is 21.2 Å². The van der Waals surface area contributed by atoms with Crippen LogP contribution in [0.3, 0.4) is 0 Å². The van der Waals surface area contributed by atoms with E-state index in [2.05, 4.69) is 4.72 Å². The molecule has 2 rings (SSSR count). The summed E-state index contributed by atoms with van der Waals surface area (Å²) < 4.78 is 26.9. The third-order valence-electron chi connectivity index (χ3n) is 2.50. The van der Waals surface area contributed by atoms with Crippen LogP contribution in [0.1, 0.15) is 10.4 Å². The summed E-state index contributed by atoms with van der Waals surface area (Å²) >= 11 is 0.960. The molecule has 0 atom stereocenters. The van der Waals surface area contributed by atoms with Crippen molar-refractivity contribution in [3.05, 3.63) is 46.8 Å². The molecule has 0 saturated carbocycles. The van der Waals surface area contributed by atoms with E-state index in [4.69, 9.17) is 5.11 Å². The molecule has 106 valence electrons. The zero-order valence-corrected chi connectivity index (χ0v) is 12.3. The van der Waals surface area contributed by atoms with Gasteiger partial charge in [0.1, 0.15) is 4.21 Å². The molecule has 1 aromatic carbocycles. The third-order valence-corrected chi connectivity index (χ3v) is 5.46. The van der Waals surface area contributed by atoms with Gasteiger partial charge >= 0.3 is 5.97 Å². The van der Waals surface area contributed by atoms with Crippen molar-refractivity contribution < 1.29 is 18.3 Å². The van der Waals surface area contributed by atoms with Gasteiger partial charge in [-0.15, -0.1) is 11.3 Å². The molecule has 2 N–H and O–H groups in total. The van der Waals surface area contributed by atoms with E-state index >= 15 is 0 Å². The summed E-state index contributed by atoms with van der Waals surface area (Å²) in [7, 11) is -3.67. The van der Waals surface area contributed by atoms with Gasteiger partial charge in [-0.05, 0) is 36.8 Å². The molecule has 1 aromatic heterocycles. The smallest absolute Gasteiger partial charge is 0.308 e. The van der Waals surface area contributed by atoms with Crippen LogP contribution < -0.4 is 4.72 Å². The quantitative estimate of drug-likeness (QED) is 0.888. The summed E-state index contributed by atoms with van der Waals surface area (Å²) in [4.78, 5) is 11.1. The molecule has 0 spiro atoms. The Morgan fingerprint density at radius 3 is 2.70 bits per heavy atom. The van der Waals surface area contributed by atoms with Gasteiger partial charge in [-0.2, -0.15) is 0 Å². The fraction of sp³-hybridized carbons (Fsp3) is 0.154. The molecule has 0 saturated heterocycles. The van der Waals surface area contributed by atoms with E-state index in [0.29, 0.717) is 10.6 Å². The molecule has 0 unspecified atom stereocenters. The van der Waals surface area contributed by atoms with Gasteiger partial charge in [0.25, 0.3) is 10.0 Å². The average molecular weight is 311 g/mol. The van der Waals surface area contributed by atoms with E-state index < -0.39 is 16.0 Å². The topological polar surface area (TPSA) is 83.5 Å². The Labute approximate surface area is 120 Å². The van der Waals surface area contributed by atoms with Gasteiger partial charge in [-0.3, -0.25) is 9.52 Å². The zero-order valence-electron chi connectivity index (χ0n) is 10.7. The van der Waals surface area contributed by atoms with Crippen LogP contribution in [0.15, 0.2) is 40.6 Å². The Bertz CT molecular complexity index is 734. The molecule has 0 fully saturated rings. The number of nitrogens with one attached hydrogen (secondary N) is 1. The minimum Gasteiger partial charge on any atom is -0.481 e. The summed E-state index contributed by atoms with van der Waals surface area (Å²) in [6.45, 7) is 1.87. The highest BCUT2D eigenvalue weighted by molar-refractivity contribution is 7.94. The highest BCUT2D eigenvalue weighted by Crippen LogP contribution is 2.24. The van der Waals surface area contributed by atoms with Crippen LogP contribution >= 0.6 is 11.3 Å². The fourth-order valence-electron chi connectivity index (χ4n) is 1.66. The van der Waals surface area contributed by atoms with Crippen LogP contribution in [-0.4, -0.2) is 19.5 Å². The number of benzene rings is 1. The molecule has 0 aliphatic heterocycles. The van der Waals surface area contributed by atoms with Gasteiger partial charge in [0, 0.05) is 10.6 Å². The van der Waals surface area contributed by atoms with Gasteiger partial charge in [-0.25, -0.2) is 8.42 Å². The molecule has 20 heavy (non-hydrogen) atoms. The number of aryl methyl sites for hydroxylation is 1. The van der Waals surface area contributed by atoms with Gasteiger partial charge in [0.05, 0.1) is 6.42 Å². The largest absolute Gasteiger partial charge is 0.481 e. The minimum absolute atomic E-state index is 0.107. The first-order valence-corrected chi connectivity index (χ1v) is 8.07.